The summed E-state index contributed by atoms with van der Waals surface area (Å²) in [6.45, 7) is -0.488. The Kier molecular flexibility index (Phi) is 9.04. The summed E-state index contributed by atoms with van der Waals surface area (Å²) in [7, 11) is 4.93. The number of hydrogen-bond acceptors (Lipinski definition) is 4. The Hall–Kier alpha value is -1.08. The Bertz CT molecular complexity index is 135. The van der Waals surface area contributed by atoms with E-state index < -0.39 is 11.9 Å². The minimum absolute atomic E-state index is 0.244. The molecule has 0 heterocycles. The van der Waals surface area contributed by atoms with Gasteiger partial charge in [0, 0.05) is 0 Å². The van der Waals surface area contributed by atoms with Crippen molar-refractivity contribution in [3.8, 4) is 0 Å². The molecule has 0 saturated heterocycles. The summed E-state index contributed by atoms with van der Waals surface area (Å²) in [6, 6.07) is 0. The monoisotopic (exact) mass is 175 g/mol. The van der Waals surface area contributed by atoms with Gasteiger partial charge in [-0.1, -0.05) is 0 Å². The second-order valence-corrected chi connectivity index (χ2v) is 1.96. The van der Waals surface area contributed by atoms with E-state index in [9.17, 15) is 9.59 Å². The summed E-state index contributed by atoms with van der Waals surface area (Å²) in [5.74, 6) is -2.05. The molecule has 2 radical (unpaired) electrons. The molecule has 0 amide bonds. The van der Waals surface area contributed by atoms with Crippen LogP contribution < -0.4 is 0 Å². The van der Waals surface area contributed by atoms with E-state index in [4.69, 9.17) is 15.2 Å². The second kappa shape index (κ2) is 8.03. The SMILES string of the molecule is CN(CC(=O)O)CC(=O)O.[B]O. The fourth-order valence-electron chi connectivity index (χ4n) is 0.518. The van der Waals surface area contributed by atoms with E-state index in [1.807, 2.05) is 0 Å². The molecule has 0 aliphatic heterocycles. The van der Waals surface area contributed by atoms with Crippen molar-refractivity contribution in [1.82, 2.24) is 4.90 Å². The van der Waals surface area contributed by atoms with Crippen LogP contribution in [-0.2, 0) is 9.59 Å². The lowest BCUT2D eigenvalue weighted by Gasteiger charge is -2.08. The van der Waals surface area contributed by atoms with Gasteiger partial charge in [-0.2, -0.15) is 0 Å². The fourth-order valence-corrected chi connectivity index (χ4v) is 0.518. The van der Waals surface area contributed by atoms with E-state index >= 15 is 0 Å². The first kappa shape index (κ1) is 13.5. The van der Waals surface area contributed by atoms with Crippen LogP contribution in [0.1, 0.15) is 0 Å². The van der Waals surface area contributed by atoms with Crippen molar-refractivity contribution >= 4 is 20.0 Å². The van der Waals surface area contributed by atoms with Crippen LogP contribution in [0.25, 0.3) is 0 Å². The molecule has 0 aromatic heterocycles. The predicted octanol–water partition coefficient (Wildman–Crippen LogP) is -1.85. The highest BCUT2D eigenvalue weighted by atomic mass is 16.4. The molecule has 0 saturated carbocycles. The molecule has 6 nitrogen and oxygen atoms in total. The summed E-state index contributed by atoms with van der Waals surface area (Å²) < 4.78 is 0. The molecule has 0 aromatic carbocycles. The fraction of sp³-hybridized carbons (Fsp3) is 0.600. The number of carbonyl (C=O) groups is 2. The van der Waals surface area contributed by atoms with Gasteiger partial charge in [0.15, 0.2) is 0 Å². The Balaban J connectivity index is 0. The van der Waals surface area contributed by atoms with E-state index in [2.05, 4.69) is 8.05 Å². The first-order valence-corrected chi connectivity index (χ1v) is 2.90. The highest BCUT2D eigenvalue weighted by Gasteiger charge is 2.06. The van der Waals surface area contributed by atoms with Gasteiger partial charge in [0.05, 0.1) is 13.1 Å². The molecule has 7 heteroatoms. The third-order valence-corrected chi connectivity index (χ3v) is 0.810. The van der Waals surface area contributed by atoms with E-state index in [1.165, 1.54) is 11.9 Å². The molecule has 0 atom stereocenters. The van der Waals surface area contributed by atoms with Gasteiger partial charge in [0.25, 0.3) is 8.05 Å². The molecule has 0 unspecified atom stereocenters. The van der Waals surface area contributed by atoms with Crippen LogP contribution in [0.2, 0.25) is 0 Å². The van der Waals surface area contributed by atoms with Gasteiger partial charge in [-0.3, -0.25) is 14.5 Å². The number of carboxylic acids is 2. The number of carboxylic acid groups (broad SMARTS) is 2. The van der Waals surface area contributed by atoms with E-state index in [-0.39, 0.29) is 13.1 Å². The van der Waals surface area contributed by atoms with Crippen LogP contribution >= 0.6 is 0 Å². The molecular weight excluding hydrogens is 165 g/mol. The van der Waals surface area contributed by atoms with Gasteiger partial charge >= 0.3 is 11.9 Å². The molecule has 0 aliphatic carbocycles. The van der Waals surface area contributed by atoms with Gasteiger partial charge in [-0.25, -0.2) is 0 Å². The summed E-state index contributed by atoms with van der Waals surface area (Å²) in [4.78, 5) is 21.1. The van der Waals surface area contributed by atoms with Crippen molar-refractivity contribution in [3.63, 3.8) is 0 Å². The van der Waals surface area contributed by atoms with Crippen LogP contribution in [0.15, 0.2) is 0 Å². The Morgan fingerprint density at radius 3 is 1.58 bits per heavy atom. The van der Waals surface area contributed by atoms with Crippen molar-refractivity contribution in [3.05, 3.63) is 0 Å². The zero-order valence-corrected chi connectivity index (χ0v) is 6.60. The van der Waals surface area contributed by atoms with Crippen molar-refractivity contribution in [2.45, 2.75) is 0 Å². The van der Waals surface area contributed by atoms with Gasteiger partial charge in [0.2, 0.25) is 0 Å². The Morgan fingerprint density at radius 1 is 1.17 bits per heavy atom. The van der Waals surface area contributed by atoms with Gasteiger partial charge in [-0.05, 0) is 7.05 Å². The van der Waals surface area contributed by atoms with Crippen molar-refractivity contribution in [2.75, 3.05) is 20.1 Å². The summed E-state index contributed by atoms with van der Waals surface area (Å²) in [5, 5.41) is 22.8. The number of hydrogen-bond donors (Lipinski definition) is 3. The number of likely N-dealkylation sites (N-methyl/N-ethyl adjacent to an activating group) is 1. The lowest BCUT2D eigenvalue weighted by atomic mass is 10.5. The second-order valence-electron chi connectivity index (χ2n) is 1.96. The Labute approximate surface area is 70.9 Å². The predicted molar refractivity (Wildman–Crippen MR) is 40.7 cm³/mol. The zero-order chi connectivity index (χ0) is 10.1. The minimum atomic E-state index is -1.02. The third-order valence-electron chi connectivity index (χ3n) is 0.810. The number of aliphatic carboxylic acids is 2. The minimum Gasteiger partial charge on any atom is -0.480 e. The van der Waals surface area contributed by atoms with Crippen LogP contribution in [0.4, 0.5) is 0 Å². The summed E-state index contributed by atoms with van der Waals surface area (Å²) in [6.07, 6.45) is 0. The topological polar surface area (TPSA) is 98.1 Å². The largest absolute Gasteiger partial charge is 0.480 e. The average molecular weight is 175 g/mol. The molecule has 0 spiro atoms. The first-order valence-electron chi connectivity index (χ1n) is 2.90. The van der Waals surface area contributed by atoms with Crippen LogP contribution in [0.3, 0.4) is 0 Å². The summed E-state index contributed by atoms with van der Waals surface area (Å²) in [5.41, 5.74) is 0. The molecule has 68 valence electrons. The zero-order valence-electron chi connectivity index (χ0n) is 6.60. The maximum Gasteiger partial charge on any atom is 0.317 e. The number of nitrogens with zero attached hydrogens (tertiary/aromatic N) is 1. The maximum atomic E-state index is 9.96. The standard InChI is InChI=1S/C5H9NO4.BHO/c1-6(2-4(7)8)3-5(9)10;1-2/h2-3H2,1H3,(H,7,8)(H,9,10);2H. The van der Waals surface area contributed by atoms with Crippen molar-refractivity contribution in [2.24, 2.45) is 0 Å². The highest BCUT2D eigenvalue weighted by Crippen LogP contribution is 1.80. The molecule has 12 heavy (non-hydrogen) atoms. The molecule has 0 aromatic rings. The van der Waals surface area contributed by atoms with Gasteiger partial charge < -0.3 is 15.2 Å². The normalized spacial score (nSPS) is 8.58. The molecule has 0 rings (SSSR count). The van der Waals surface area contributed by atoms with Crippen LogP contribution in [-0.4, -0.2) is 60.3 Å². The first-order chi connectivity index (χ1) is 5.52. The third kappa shape index (κ3) is 11.7. The quantitative estimate of drug-likeness (QED) is 0.434. The molecule has 3 N–H and O–H groups in total. The number of rotatable bonds is 4. The molecular formula is C5H10BNO5. The lowest BCUT2D eigenvalue weighted by Crippen LogP contribution is -2.30. The molecule has 0 fully saturated rings. The Morgan fingerprint density at radius 2 is 1.42 bits per heavy atom. The van der Waals surface area contributed by atoms with Gasteiger partial charge in [0.1, 0.15) is 0 Å². The molecule has 0 bridgehead atoms. The summed E-state index contributed by atoms with van der Waals surface area (Å²) >= 11 is 0. The van der Waals surface area contributed by atoms with Crippen LogP contribution in [0, 0.1) is 0 Å². The highest BCUT2D eigenvalue weighted by molar-refractivity contribution is 5.95. The van der Waals surface area contributed by atoms with Gasteiger partial charge in [-0.15, -0.1) is 0 Å². The van der Waals surface area contributed by atoms with Crippen molar-refractivity contribution in [1.29, 1.82) is 0 Å². The maximum absolute atomic E-state index is 9.96. The van der Waals surface area contributed by atoms with Crippen molar-refractivity contribution < 1.29 is 24.8 Å². The van der Waals surface area contributed by atoms with E-state index in [1.54, 1.807) is 0 Å². The van der Waals surface area contributed by atoms with Crippen LogP contribution in [0.5, 0.6) is 0 Å². The van der Waals surface area contributed by atoms with E-state index in [0.29, 0.717) is 0 Å². The average Bonchev–Trinajstić information content (AvgIpc) is 1.87. The lowest BCUT2D eigenvalue weighted by molar-refractivity contribution is -0.141. The smallest absolute Gasteiger partial charge is 0.317 e. The molecule has 0 aliphatic rings. The van der Waals surface area contributed by atoms with E-state index in [0.717, 1.165) is 0 Å².